The monoisotopic (exact) mass is 423 g/mol. The SMILES string of the molecule is O=S1(=O)CCC2=C1C(c1ccc(F)c(C(F)(F)F)c1)C1=C(CCS1(=O)=O)N2. The lowest BCUT2D eigenvalue weighted by molar-refractivity contribution is -0.140. The number of sulfone groups is 2. The molecule has 0 fully saturated rings. The summed E-state index contributed by atoms with van der Waals surface area (Å²) in [6.45, 7) is 0. The number of benzene rings is 1. The van der Waals surface area contributed by atoms with E-state index in [-0.39, 0.29) is 39.7 Å². The fourth-order valence-corrected chi connectivity index (χ4v) is 7.56. The summed E-state index contributed by atoms with van der Waals surface area (Å²) in [5, 5.41) is 2.85. The van der Waals surface area contributed by atoms with Crippen molar-refractivity contribution in [3.8, 4) is 0 Å². The number of halogens is 4. The largest absolute Gasteiger partial charge is 0.419 e. The number of nitrogens with one attached hydrogen (secondary N) is 1. The third-order valence-electron chi connectivity index (χ3n) is 4.96. The van der Waals surface area contributed by atoms with Crippen molar-refractivity contribution in [2.45, 2.75) is 24.9 Å². The van der Waals surface area contributed by atoms with Gasteiger partial charge in [0.2, 0.25) is 0 Å². The van der Waals surface area contributed by atoms with Crippen LogP contribution >= 0.6 is 0 Å². The third-order valence-corrected chi connectivity index (χ3v) is 8.75. The van der Waals surface area contributed by atoms with Crippen molar-refractivity contribution in [3.05, 3.63) is 56.3 Å². The smallest absolute Gasteiger partial charge is 0.361 e. The molecule has 11 heteroatoms. The molecule has 3 aliphatic rings. The highest BCUT2D eigenvalue weighted by Gasteiger charge is 2.48. The van der Waals surface area contributed by atoms with Crippen molar-refractivity contribution in [2.24, 2.45) is 0 Å². The van der Waals surface area contributed by atoms with Crippen LogP contribution in [0.25, 0.3) is 0 Å². The van der Waals surface area contributed by atoms with Crippen LogP contribution in [0.1, 0.15) is 29.9 Å². The van der Waals surface area contributed by atoms with E-state index in [1.807, 2.05) is 0 Å². The van der Waals surface area contributed by atoms with Gasteiger partial charge in [0.25, 0.3) is 0 Å². The maximum atomic E-state index is 13.7. The number of allylic oxidation sites excluding steroid dienone is 4. The van der Waals surface area contributed by atoms with Crippen molar-refractivity contribution in [3.63, 3.8) is 0 Å². The number of hydrogen-bond donors (Lipinski definition) is 1. The fourth-order valence-electron chi connectivity index (χ4n) is 3.81. The molecule has 0 bridgehead atoms. The van der Waals surface area contributed by atoms with Crippen LogP contribution in [0.3, 0.4) is 0 Å². The Kier molecular flexibility index (Phi) is 3.81. The van der Waals surface area contributed by atoms with Crippen molar-refractivity contribution < 1.29 is 34.4 Å². The minimum absolute atomic E-state index is 0.123. The summed E-state index contributed by atoms with van der Waals surface area (Å²) in [7, 11) is -7.70. The van der Waals surface area contributed by atoms with E-state index >= 15 is 0 Å². The van der Waals surface area contributed by atoms with Gasteiger partial charge in [-0.25, -0.2) is 21.2 Å². The van der Waals surface area contributed by atoms with Gasteiger partial charge in [-0.15, -0.1) is 0 Å². The summed E-state index contributed by atoms with van der Waals surface area (Å²) in [5.74, 6) is -3.41. The molecule has 0 spiro atoms. The second-order valence-corrected chi connectivity index (χ2v) is 10.8. The van der Waals surface area contributed by atoms with Crippen molar-refractivity contribution in [1.82, 2.24) is 5.32 Å². The van der Waals surface area contributed by atoms with Crippen LogP contribution in [-0.2, 0) is 25.9 Å². The molecule has 0 saturated carbocycles. The van der Waals surface area contributed by atoms with E-state index < -0.39 is 43.1 Å². The van der Waals surface area contributed by atoms with Gasteiger partial charge in [-0.1, -0.05) is 6.07 Å². The Bertz CT molecular complexity index is 1070. The second-order valence-electron chi connectivity index (χ2n) is 6.62. The average Bonchev–Trinajstić information content (AvgIpc) is 3.02. The van der Waals surface area contributed by atoms with Crippen LogP contribution in [-0.4, -0.2) is 28.3 Å². The van der Waals surface area contributed by atoms with E-state index in [9.17, 15) is 34.4 Å². The minimum Gasteiger partial charge on any atom is -0.361 e. The zero-order chi connectivity index (χ0) is 19.8. The molecule has 0 amide bonds. The Balaban J connectivity index is 1.99. The highest BCUT2D eigenvalue weighted by atomic mass is 32.2. The minimum atomic E-state index is -5.00. The molecule has 146 valence electrons. The number of dihydropyridines is 1. The molecule has 1 aromatic carbocycles. The summed E-state index contributed by atoms with van der Waals surface area (Å²) in [4.78, 5) is -0.460. The van der Waals surface area contributed by atoms with Crippen molar-refractivity contribution in [2.75, 3.05) is 11.5 Å². The zero-order valence-electron chi connectivity index (χ0n) is 13.6. The molecular weight excluding hydrogens is 410 g/mol. The first-order valence-corrected chi connectivity index (χ1v) is 11.3. The van der Waals surface area contributed by atoms with E-state index in [2.05, 4.69) is 5.32 Å². The van der Waals surface area contributed by atoms with Gasteiger partial charge in [-0.2, -0.15) is 13.2 Å². The quantitative estimate of drug-likeness (QED) is 0.703. The van der Waals surface area contributed by atoms with E-state index in [0.29, 0.717) is 23.5 Å². The van der Waals surface area contributed by atoms with Crippen LogP contribution < -0.4 is 5.32 Å². The topological polar surface area (TPSA) is 80.3 Å². The lowest BCUT2D eigenvalue weighted by Gasteiger charge is -2.27. The zero-order valence-corrected chi connectivity index (χ0v) is 15.2. The standard InChI is InChI=1S/C16H13F4NO4S2/c17-10-2-1-8(7-9(10)16(18,19)20)13-14-11(3-5-26(14,22)23)21-12-4-6-27(24,25)15(12)13/h1-2,7,13,21H,3-6H2. The predicted molar refractivity (Wildman–Crippen MR) is 88.1 cm³/mol. The summed E-state index contributed by atoms with van der Waals surface area (Å²) in [6, 6.07) is 2.10. The average molecular weight is 423 g/mol. The van der Waals surface area contributed by atoms with Crippen molar-refractivity contribution >= 4 is 19.7 Å². The molecule has 1 N–H and O–H groups in total. The summed E-state index contributed by atoms with van der Waals surface area (Å²) in [5.41, 5.74) is -1.17. The third kappa shape index (κ3) is 2.78. The van der Waals surface area contributed by atoms with Gasteiger partial charge in [-0.05, 0) is 17.7 Å². The second kappa shape index (κ2) is 5.57. The maximum absolute atomic E-state index is 13.7. The first kappa shape index (κ1) is 18.5. The highest BCUT2D eigenvalue weighted by molar-refractivity contribution is 7.96. The molecule has 4 rings (SSSR count). The van der Waals surface area contributed by atoms with Gasteiger partial charge in [0.15, 0.2) is 19.7 Å². The Morgan fingerprint density at radius 3 is 1.93 bits per heavy atom. The van der Waals surface area contributed by atoms with Crippen LogP contribution in [0.5, 0.6) is 0 Å². The Hall–Kier alpha value is -1.88. The van der Waals surface area contributed by atoms with Crippen molar-refractivity contribution in [1.29, 1.82) is 0 Å². The molecule has 0 aromatic heterocycles. The number of rotatable bonds is 1. The molecular formula is C16H13F4NO4S2. The Morgan fingerprint density at radius 2 is 1.44 bits per heavy atom. The van der Waals surface area contributed by atoms with Gasteiger partial charge in [0.05, 0.1) is 32.8 Å². The Morgan fingerprint density at radius 1 is 0.926 bits per heavy atom. The maximum Gasteiger partial charge on any atom is 0.419 e. The van der Waals surface area contributed by atoms with Gasteiger partial charge < -0.3 is 5.32 Å². The van der Waals surface area contributed by atoms with Gasteiger partial charge >= 0.3 is 6.18 Å². The molecule has 0 radical (unpaired) electrons. The van der Waals surface area contributed by atoms with Crippen LogP contribution in [0.4, 0.5) is 17.6 Å². The lowest BCUT2D eigenvalue weighted by Crippen LogP contribution is -2.26. The fraction of sp³-hybridized carbons (Fsp3) is 0.375. The molecule has 27 heavy (non-hydrogen) atoms. The van der Waals surface area contributed by atoms with E-state index in [4.69, 9.17) is 0 Å². The normalized spacial score (nSPS) is 24.0. The first-order chi connectivity index (χ1) is 12.4. The summed E-state index contributed by atoms with van der Waals surface area (Å²) in [6.07, 6.45) is -4.75. The molecule has 0 unspecified atom stereocenters. The van der Waals surface area contributed by atoms with Gasteiger partial charge in [0, 0.05) is 24.2 Å². The molecule has 3 heterocycles. The number of alkyl halides is 3. The molecule has 0 saturated heterocycles. The summed E-state index contributed by atoms with van der Waals surface area (Å²) >= 11 is 0. The molecule has 1 aromatic rings. The first-order valence-electron chi connectivity index (χ1n) is 7.97. The van der Waals surface area contributed by atoms with Gasteiger partial charge in [0.1, 0.15) is 5.82 Å². The number of hydrogen-bond acceptors (Lipinski definition) is 5. The lowest BCUT2D eigenvalue weighted by atomic mass is 9.91. The Labute approximate surface area is 152 Å². The predicted octanol–water partition coefficient (Wildman–Crippen LogP) is 2.59. The van der Waals surface area contributed by atoms with E-state index in [0.717, 1.165) is 6.07 Å². The molecule has 5 nitrogen and oxygen atoms in total. The molecule has 3 aliphatic heterocycles. The van der Waals surface area contributed by atoms with Crippen LogP contribution in [0.15, 0.2) is 39.4 Å². The molecule has 0 atom stereocenters. The van der Waals surface area contributed by atoms with E-state index in [1.165, 1.54) is 0 Å². The van der Waals surface area contributed by atoms with Crippen LogP contribution in [0.2, 0.25) is 0 Å². The van der Waals surface area contributed by atoms with E-state index in [1.54, 1.807) is 0 Å². The highest BCUT2D eigenvalue weighted by Crippen LogP contribution is 2.50. The molecule has 0 aliphatic carbocycles. The van der Waals surface area contributed by atoms with Gasteiger partial charge in [-0.3, -0.25) is 0 Å². The van der Waals surface area contributed by atoms with Crippen LogP contribution in [0, 0.1) is 5.82 Å². The summed E-state index contributed by atoms with van der Waals surface area (Å²) < 4.78 is 103.